The fourth-order valence-electron chi connectivity index (χ4n) is 4.03. The van der Waals surface area contributed by atoms with Crippen molar-refractivity contribution >= 4 is 23.9 Å². The van der Waals surface area contributed by atoms with Gasteiger partial charge in [-0.15, -0.1) is 5.92 Å². The van der Waals surface area contributed by atoms with Crippen molar-refractivity contribution in [3.8, 4) is 11.8 Å². The molecule has 23 heavy (non-hydrogen) atoms. The summed E-state index contributed by atoms with van der Waals surface area (Å²) in [4.78, 5) is 26.6. The summed E-state index contributed by atoms with van der Waals surface area (Å²) in [6, 6.07) is 0. The molecule has 6 heteroatoms. The van der Waals surface area contributed by atoms with Crippen LogP contribution in [0.15, 0.2) is 0 Å². The van der Waals surface area contributed by atoms with Gasteiger partial charge in [-0.25, -0.2) is 9.78 Å². The quantitative estimate of drug-likeness (QED) is 0.398. The fourth-order valence-corrected chi connectivity index (χ4v) is 4.28. The predicted octanol–water partition coefficient (Wildman–Crippen LogP) is 2.38. The Morgan fingerprint density at radius 3 is 2.87 bits per heavy atom. The smallest absolute Gasteiger partial charge is 0.383 e. The Labute approximate surface area is 140 Å². The molecular weight excluding hydrogens is 316 g/mol. The molecule has 3 rings (SSSR count). The lowest BCUT2D eigenvalue weighted by Gasteiger charge is -2.21. The molecule has 1 aromatic heterocycles. The molecule has 2 aliphatic rings. The molecule has 122 valence electrons. The number of esters is 1. The molecule has 0 radical (unpaired) electrons. The van der Waals surface area contributed by atoms with E-state index in [1.54, 1.807) is 6.92 Å². The molecule has 0 spiro atoms. The van der Waals surface area contributed by atoms with E-state index in [0.717, 1.165) is 12.8 Å². The molecule has 0 saturated heterocycles. The van der Waals surface area contributed by atoms with Gasteiger partial charge in [0.1, 0.15) is 6.10 Å². The zero-order valence-electron chi connectivity index (χ0n) is 13.3. The van der Waals surface area contributed by atoms with Crippen molar-refractivity contribution in [3.63, 3.8) is 0 Å². The second-order valence-corrected chi connectivity index (χ2v) is 6.71. The van der Waals surface area contributed by atoms with Crippen molar-refractivity contribution in [1.82, 2.24) is 4.98 Å². The topological polar surface area (TPSA) is 63.0 Å². The highest BCUT2D eigenvalue weighted by Gasteiger charge is 2.48. The second-order valence-electron chi connectivity index (χ2n) is 6.35. The van der Waals surface area contributed by atoms with Gasteiger partial charge < -0.3 is 4.74 Å². The summed E-state index contributed by atoms with van der Waals surface area (Å²) in [7, 11) is 0. The van der Waals surface area contributed by atoms with E-state index in [-0.39, 0.29) is 29.3 Å². The van der Waals surface area contributed by atoms with E-state index >= 15 is 0 Å². The van der Waals surface area contributed by atoms with Gasteiger partial charge in [0.25, 0.3) is 5.69 Å². The summed E-state index contributed by atoms with van der Waals surface area (Å²) >= 11 is 6.08. The lowest BCUT2D eigenvalue weighted by atomic mass is 9.97. The number of hydrogen-bond acceptors (Lipinski definition) is 3. The molecule has 2 saturated carbocycles. The lowest BCUT2D eigenvalue weighted by molar-refractivity contribution is -0.683. The monoisotopic (exact) mass is 335 g/mol. The van der Waals surface area contributed by atoms with Crippen molar-refractivity contribution in [3.05, 3.63) is 16.7 Å². The fraction of sp³-hybridized carbons (Fsp3) is 0.588. The SMILES string of the molecule is CC#CC[n+]1c(Cl)[nH]c(C=O)c1C(=O)OC1CC2CCC1[C@H]2C. The third kappa shape index (κ3) is 2.76. The summed E-state index contributed by atoms with van der Waals surface area (Å²) in [5, 5.41) is 0.197. The van der Waals surface area contributed by atoms with Crippen molar-refractivity contribution in [1.29, 1.82) is 0 Å². The Balaban J connectivity index is 1.84. The maximum absolute atomic E-state index is 12.6. The number of hydrogen-bond donors (Lipinski definition) is 1. The molecule has 1 aromatic rings. The zero-order chi connectivity index (χ0) is 16.6. The van der Waals surface area contributed by atoms with Crippen LogP contribution in [0.3, 0.4) is 0 Å². The lowest BCUT2D eigenvalue weighted by Crippen LogP contribution is -2.41. The van der Waals surface area contributed by atoms with Gasteiger partial charge >= 0.3 is 11.3 Å². The molecule has 0 aromatic carbocycles. The van der Waals surface area contributed by atoms with Gasteiger partial charge in [0.05, 0.1) is 0 Å². The number of ether oxygens (including phenoxy) is 1. The van der Waals surface area contributed by atoms with Crippen LogP contribution in [0.5, 0.6) is 0 Å². The summed E-state index contributed by atoms with van der Waals surface area (Å²) in [5.41, 5.74) is 0.289. The van der Waals surface area contributed by atoms with E-state index in [4.69, 9.17) is 16.3 Å². The van der Waals surface area contributed by atoms with Gasteiger partial charge in [0.2, 0.25) is 5.69 Å². The number of carbonyl (C=O) groups is 2. The van der Waals surface area contributed by atoms with Crippen molar-refractivity contribution < 1.29 is 18.9 Å². The minimum atomic E-state index is -0.502. The van der Waals surface area contributed by atoms with E-state index < -0.39 is 5.97 Å². The average Bonchev–Trinajstić information content (AvgIpc) is 3.15. The van der Waals surface area contributed by atoms with Gasteiger partial charge in [0, 0.05) is 11.6 Å². The van der Waals surface area contributed by atoms with E-state index in [0.29, 0.717) is 24.0 Å². The Kier molecular flexibility index (Phi) is 4.45. The number of aldehydes is 1. The average molecular weight is 336 g/mol. The first-order valence-corrected chi connectivity index (χ1v) is 8.31. The number of H-pyrrole nitrogens is 1. The van der Waals surface area contributed by atoms with Crippen LogP contribution in [0.1, 0.15) is 54.1 Å². The van der Waals surface area contributed by atoms with Crippen LogP contribution in [0, 0.1) is 29.6 Å². The summed E-state index contributed by atoms with van der Waals surface area (Å²) in [6.07, 6.45) is 3.78. The first-order valence-electron chi connectivity index (χ1n) is 7.93. The van der Waals surface area contributed by atoms with Gasteiger partial charge in [-0.2, -0.15) is 4.57 Å². The number of carbonyl (C=O) groups excluding carboxylic acids is 2. The number of imidazole rings is 1. The molecule has 0 amide bonds. The summed E-state index contributed by atoms with van der Waals surface area (Å²) < 4.78 is 7.22. The van der Waals surface area contributed by atoms with E-state index in [9.17, 15) is 9.59 Å². The number of aromatic amines is 1. The third-order valence-corrected chi connectivity index (χ3v) is 5.58. The Bertz CT molecular complexity index is 701. The molecule has 4 atom stereocenters. The minimum Gasteiger partial charge on any atom is -0.456 e. The first-order chi connectivity index (χ1) is 11.1. The predicted molar refractivity (Wildman–Crippen MR) is 84.0 cm³/mol. The van der Waals surface area contributed by atoms with Gasteiger partial charge in [-0.1, -0.05) is 12.8 Å². The normalized spacial score (nSPS) is 28.3. The van der Waals surface area contributed by atoms with Crippen molar-refractivity contribution in [2.24, 2.45) is 17.8 Å². The molecule has 0 aliphatic heterocycles. The Morgan fingerprint density at radius 1 is 1.52 bits per heavy atom. The van der Waals surface area contributed by atoms with Crippen LogP contribution < -0.4 is 4.57 Å². The molecule has 5 nitrogen and oxygen atoms in total. The van der Waals surface area contributed by atoms with E-state index in [1.165, 1.54) is 11.0 Å². The highest BCUT2D eigenvalue weighted by atomic mass is 35.5. The van der Waals surface area contributed by atoms with Crippen LogP contribution in [0.4, 0.5) is 0 Å². The number of fused-ring (bicyclic) bond motifs is 2. The molecule has 2 fully saturated rings. The highest BCUT2D eigenvalue weighted by molar-refractivity contribution is 6.27. The number of halogens is 1. The molecular formula is C17H20ClN2O3+. The number of nitrogens with one attached hydrogen (secondary N) is 1. The van der Waals surface area contributed by atoms with Gasteiger partial charge in [-0.05, 0) is 43.9 Å². The van der Waals surface area contributed by atoms with Crippen LogP contribution in [0.2, 0.25) is 5.28 Å². The van der Waals surface area contributed by atoms with Crippen molar-refractivity contribution in [2.75, 3.05) is 0 Å². The molecule has 1 N–H and O–H groups in total. The largest absolute Gasteiger partial charge is 0.456 e. The minimum absolute atomic E-state index is 0.0601. The Morgan fingerprint density at radius 2 is 2.30 bits per heavy atom. The Hall–Kier alpha value is -1.80. The maximum atomic E-state index is 12.6. The molecule has 2 bridgehead atoms. The summed E-state index contributed by atoms with van der Waals surface area (Å²) in [5.74, 6) is 6.79. The standard InChI is InChI=1S/C17H19ClN2O3/c1-3-4-7-20-15(13(9-21)19-17(20)18)16(22)23-14-8-11-5-6-12(14)10(11)2/h9-12,14H,5-8H2,1-2H3/p+1/t10-,11?,12?,14?/m0/s1. The number of rotatable bonds is 4. The molecule has 1 heterocycles. The van der Waals surface area contributed by atoms with Crippen LogP contribution in [0.25, 0.3) is 0 Å². The maximum Gasteiger partial charge on any atom is 0.383 e. The third-order valence-electron chi connectivity index (χ3n) is 5.29. The van der Waals surface area contributed by atoms with Crippen LogP contribution in [-0.4, -0.2) is 23.3 Å². The zero-order valence-corrected chi connectivity index (χ0v) is 14.0. The van der Waals surface area contributed by atoms with Crippen molar-refractivity contribution in [2.45, 2.75) is 45.8 Å². The number of nitrogens with zero attached hydrogens (tertiary/aromatic N) is 1. The number of aromatic nitrogens is 2. The van der Waals surface area contributed by atoms with Gasteiger partial charge in [0.15, 0.2) is 12.8 Å². The molecule has 3 unspecified atom stereocenters. The van der Waals surface area contributed by atoms with Gasteiger partial charge in [-0.3, -0.25) is 4.79 Å². The summed E-state index contributed by atoms with van der Waals surface area (Å²) in [6.45, 7) is 4.17. The van der Waals surface area contributed by atoms with Crippen LogP contribution >= 0.6 is 11.6 Å². The highest BCUT2D eigenvalue weighted by Crippen LogP contribution is 2.50. The van der Waals surface area contributed by atoms with Crippen LogP contribution in [-0.2, 0) is 11.3 Å². The van der Waals surface area contributed by atoms with E-state index in [2.05, 4.69) is 23.7 Å². The molecule has 2 aliphatic carbocycles. The first kappa shape index (κ1) is 16.1. The van der Waals surface area contributed by atoms with E-state index in [1.807, 2.05) is 0 Å². The second kappa shape index (κ2) is 6.37.